The van der Waals surface area contributed by atoms with E-state index in [1.165, 1.54) is 0 Å². The van der Waals surface area contributed by atoms with Gasteiger partial charge in [-0.2, -0.15) is 0 Å². The molecule has 4 heteroatoms. The zero-order valence-corrected chi connectivity index (χ0v) is 11.2. The van der Waals surface area contributed by atoms with Gasteiger partial charge in [0.2, 0.25) is 11.8 Å². The van der Waals surface area contributed by atoms with Crippen LogP contribution in [-0.2, 0) is 9.59 Å². The Hall–Kier alpha value is -0.510. The first-order valence-electron chi connectivity index (χ1n) is 6.12. The van der Waals surface area contributed by atoms with Crippen molar-refractivity contribution in [3.05, 3.63) is 0 Å². The molecule has 1 aliphatic heterocycles. The summed E-state index contributed by atoms with van der Waals surface area (Å²) in [5, 5.41) is 2.47. The van der Waals surface area contributed by atoms with Crippen LogP contribution in [0, 0.1) is 0 Å². The zero-order chi connectivity index (χ0) is 12.2. The average Bonchev–Trinajstić information content (AvgIpc) is 2.29. The van der Waals surface area contributed by atoms with E-state index < -0.39 is 0 Å². The first kappa shape index (κ1) is 13.6. The highest BCUT2D eigenvalue weighted by atomic mass is 32.2. The number of unbranched alkanes of at least 4 members (excludes halogenated alkanes) is 1. The van der Waals surface area contributed by atoms with Gasteiger partial charge in [0.25, 0.3) is 0 Å². The molecule has 0 unspecified atom stereocenters. The molecule has 0 spiro atoms. The van der Waals surface area contributed by atoms with Crippen molar-refractivity contribution in [2.24, 2.45) is 0 Å². The topological polar surface area (TPSA) is 46.2 Å². The first-order chi connectivity index (χ1) is 7.59. The van der Waals surface area contributed by atoms with Crippen molar-refractivity contribution in [1.29, 1.82) is 0 Å². The first-order valence-corrected chi connectivity index (χ1v) is 7.00. The summed E-state index contributed by atoms with van der Waals surface area (Å²) >= 11 is 1.57. The highest BCUT2D eigenvalue weighted by Gasteiger charge is 2.45. The van der Waals surface area contributed by atoms with Gasteiger partial charge in [-0.05, 0) is 19.3 Å². The smallest absolute Gasteiger partial charge is 0.242 e. The molecule has 0 radical (unpaired) electrons. The summed E-state index contributed by atoms with van der Waals surface area (Å²) in [5.41, 5.74) is 0. The fraction of sp³-hybridized carbons (Fsp3) is 0.833. The molecule has 1 saturated heterocycles. The summed E-state index contributed by atoms with van der Waals surface area (Å²) in [4.78, 5) is 23.5. The van der Waals surface area contributed by atoms with Crippen LogP contribution in [0.5, 0.6) is 0 Å². The van der Waals surface area contributed by atoms with Crippen molar-refractivity contribution in [3.8, 4) is 0 Å². The summed E-state index contributed by atoms with van der Waals surface area (Å²) in [7, 11) is 0. The second-order valence-electron chi connectivity index (χ2n) is 4.28. The maximum absolute atomic E-state index is 12.0. The van der Waals surface area contributed by atoms with E-state index in [-0.39, 0.29) is 21.8 Å². The van der Waals surface area contributed by atoms with Crippen LogP contribution in [0.25, 0.3) is 0 Å². The monoisotopic (exact) mass is 243 g/mol. The molecule has 1 rings (SSSR count). The molecule has 3 nitrogen and oxygen atoms in total. The molecule has 92 valence electrons. The third-order valence-electron chi connectivity index (χ3n) is 3.19. The lowest BCUT2D eigenvalue weighted by molar-refractivity contribution is -0.132. The number of thioether (sulfide) groups is 1. The summed E-state index contributed by atoms with van der Waals surface area (Å²) in [6, 6.07) is 0. The lowest BCUT2D eigenvalue weighted by Gasteiger charge is -2.37. The Morgan fingerprint density at radius 3 is 2.50 bits per heavy atom. The van der Waals surface area contributed by atoms with Crippen LogP contribution in [-0.4, -0.2) is 21.8 Å². The number of carbonyl (C=O) groups is 2. The van der Waals surface area contributed by atoms with E-state index in [2.05, 4.69) is 12.2 Å². The Bertz CT molecular complexity index is 280. The summed E-state index contributed by atoms with van der Waals surface area (Å²) in [6.07, 6.45) is 4.59. The predicted octanol–water partition coefficient (Wildman–Crippen LogP) is 2.49. The van der Waals surface area contributed by atoms with Crippen LogP contribution < -0.4 is 5.32 Å². The zero-order valence-electron chi connectivity index (χ0n) is 10.3. The van der Waals surface area contributed by atoms with Gasteiger partial charge in [-0.3, -0.25) is 14.9 Å². The third kappa shape index (κ3) is 2.59. The molecule has 2 amide bonds. The van der Waals surface area contributed by atoms with Crippen LogP contribution in [0.3, 0.4) is 0 Å². The van der Waals surface area contributed by atoms with Crippen LogP contribution >= 0.6 is 11.8 Å². The molecule has 0 aromatic heterocycles. The minimum Gasteiger partial charge on any atom is -0.294 e. The summed E-state index contributed by atoms with van der Waals surface area (Å²) in [5.74, 6) is -0.193. The molecule has 16 heavy (non-hydrogen) atoms. The van der Waals surface area contributed by atoms with Crippen LogP contribution in [0.2, 0.25) is 0 Å². The summed E-state index contributed by atoms with van der Waals surface area (Å²) in [6.45, 7) is 6.15. The fourth-order valence-corrected chi connectivity index (χ4v) is 3.47. The van der Waals surface area contributed by atoms with Gasteiger partial charge in [-0.1, -0.05) is 33.6 Å². The Labute approximate surface area is 102 Å². The number of nitrogens with one attached hydrogen (secondary N) is 1. The highest BCUT2D eigenvalue weighted by molar-refractivity contribution is 8.02. The largest absolute Gasteiger partial charge is 0.294 e. The van der Waals surface area contributed by atoms with Crippen LogP contribution in [0.4, 0.5) is 0 Å². The van der Waals surface area contributed by atoms with Gasteiger partial charge < -0.3 is 0 Å². The van der Waals surface area contributed by atoms with Crippen LogP contribution in [0.15, 0.2) is 0 Å². The number of rotatable bonds is 5. The minimum atomic E-state index is -0.370. The fourth-order valence-electron chi connectivity index (χ4n) is 2.01. The number of hydrogen-bond donors (Lipinski definition) is 1. The third-order valence-corrected chi connectivity index (χ3v) is 5.15. The number of imide groups is 1. The van der Waals surface area contributed by atoms with Crippen molar-refractivity contribution in [3.63, 3.8) is 0 Å². The molecule has 2 atom stereocenters. The quantitative estimate of drug-likeness (QED) is 0.755. The van der Waals surface area contributed by atoms with E-state index in [0.29, 0.717) is 0 Å². The Kier molecular flexibility index (Phi) is 4.84. The second kappa shape index (κ2) is 5.71. The predicted molar refractivity (Wildman–Crippen MR) is 67.4 cm³/mol. The second-order valence-corrected chi connectivity index (χ2v) is 5.87. The molecule has 1 aliphatic rings. The molecule has 0 aliphatic carbocycles. The molecular formula is C12H21NO2S. The van der Waals surface area contributed by atoms with Crippen molar-refractivity contribution in [2.45, 2.75) is 62.9 Å². The van der Waals surface area contributed by atoms with Crippen LogP contribution in [0.1, 0.15) is 52.9 Å². The number of hydrogen-bond acceptors (Lipinski definition) is 3. The molecule has 0 bridgehead atoms. The standard InChI is InChI=1S/C12H21NO2S/c1-4-7-8-12(6-3)11(15)13-10(14)9(5-2)16-12/h9H,4-8H2,1-3H3,(H,13,14,15)/t9-,12-/m0/s1. The van der Waals surface area contributed by atoms with Gasteiger partial charge in [0.05, 0.1) is 10.00 Å². The number of carbonyl (C=O) groups excluding carboxylic acids is 2. The number of amides is 2. The molecule has 0 aromatic rings. The maximum atomic E-state index is 12.0. The van der Waals surface area contributed by atoms with E-state index in [9.17, 15) is 9.59 Å². The van der Waals surface area contributed by atoms with Gasteiger partial charge in [-0.25, -0.2) is 0 Å². The van der Waals surface area contributed by atoms with Gasteiger partial charge in [0, 0.05) is 0 Å². The minimum absolute atomic E-state index is 0.0606. The van der Waals surface area contributed by atoms with E-state index in [4.69, 9.17) is 0 Å². The Morgan fingerprint density at radius 1 is 1.31 bits per heavy atom. The average molecular weight is 243 g/mol. The normalized spacial score (nSPS) is 30.3. The lowest BCUT2D eigenvalue weighted by Crippen LogP contribution is -2.55. The van der Waals surface area contributed by atoms with Crippen molar-refractivity contribution in [1.82, 2.24) is 5.32 Å². The SMILES string of the molecule is CCCC[C@]1(CC)S[C@@H](CC)C(=O)NC1=O. The maximum Gasteiger partial charge on any atom is 0.242 e. The summed E-state index contributed by atoms with van der Waals surface area (Å²) < 4.78 is -0.370. The molecule has 1 fully saturated rings. The lowest BCUT2D eigenvalue weighted by atomic mass is 9.96. The molecule has 1 N–H and O–H groups in total. The molecule has 0 saturated carbocycles. The Balaban J connectivity index is 2.81. The van der Waals surface area contributed by atoms with Gasteiger partial charge in [-0.15, -0.1) is 11.8 Å². The van der Waals surface area contributed by atoms with E-state index in [1.807, 2.05) is 13.8 Å². The van der Waals surface area contributed by atoms with Crippen molar-refractivity contribution < 1.29 is 9.59 Å². The molecular weight excluding hydrogens is 222 g/mol. The van der Waals surface area contributed by atoms with E-state index in [0.717, 1.165) is 32.1 Å². The van der Waals surface area contributed by atoms with Gasteiger partial charge >= 0.3 is 0 Å². The van der Waals surface area contributed by atoms with Crippen molar-refractivity contribution >= 4 is 23.6 Å². The van der Waals surface area contributed by atoms with Crippen molar-refractivity contribution in [2.75, 3.05) is 0 Å². The van der Waals surface area contributed by atoms with Gasteiger partial charge in [0.15, 0.2) is 0 Å². The Morgan fingerprint density at radius 2 is 2.00 bits per heavy atom. The van der Waals surface area contributed by atoms with E-state index >= 15 is 0 Å². The van der Waals surface area contributed by atoms with E-state index in [1.54, 1.807) is 11.8 Å². The highest BCUT2D eigenvalue weighted by Crippen LogP contribution is 2.41. The molecule has 1 heterocycles. The van der Waals surface area contributed by atoms with Gasteiger partial charge in [0.1, 0.15) is 0 Å². The molecule has 0 aromatic carbocycles.